The second kappa shape index (κ2) is 6.20. The van der Waals surface area contributed by atoms with E-state index >= 15 is 0 Å². The molecule has 21 heavy (non-hydrogen) atoms. The molecule has 0 unspecified atom stereocenters. The van der Waals surface area contributed by atoms with Gasteiger partial charge in [0.25, 0.3) is 11.8 Å². The predicted octanol–water partition coefficient (Wildman–Crippen LogP) is 3.28. The number of carbonyl (C=O) groups excluding carboxylic acids is 2. The Balaban J connectivity index is 2.06. The molecule has 1 heterocycles. The minimum absolute atomic E-state index is 0.126. The summed E-state index contributed by atoms with van der Waals surface area (Å²) in [5, 5.41) is 0.387. The summed E-state index contributed by atoms with van der Waals surface area (Å²) in [6.45, 7) is 3.39. The second-order valence-corrected chi connectivity index (χ2v) is 5.12. The molecular formula is C14H12Cl2N2O3. The van der Waals surface area contributed by atoms with Crippen LogP contribution < -0.4 is 10.9 Å². The van der Waals surface area contributed by atoms with E-state index in [1.807, 2.05) is 0 Å². The Kier molecular flexibility index (Phi) is 4.55. The van der Waals surface area contributed by atoms with Crippen molar-refractivity contribution in [3.05, 3.63) is 57.0 Å². The van der Waals surface area contributed by atoms with E-state index in [0.29, 0.717) is 17.1 Å². The lowest BCUT2D eigenvalue weighted by molar-refractivity contribution is 0.0846. The third-order valence-corrected chi connectivity index (χ3v) is 3.59. The average molecular weight is 327 g/mol. The van der Waals surface area contributed by atoms with Crippen molar-refractivity contribution in [2.24, 2.45) is 0 Å². The quantitative estimate of drug-likeness (QED) is 0.832. The number of carbonyl (C=O) groups is 2. The van der Waals surface area contributed by atoms with Crippen LogP contribution in [0.2, 0.25) is 10.0 Å². The third kappa shape index (κ3) is 3.37. The maximum Gasteiger partial charge on any atom is 0.273 e. The Morgan fingerprint density at radius 1 is 1.05 bits per heavy atom. The fourth-order valence-corrected chi connectivity index (χ4v) is 2.17. The maximum absolute atomic E-state index is 12.0. The van der Waals surface area contributed by atoms with Gasteiger partial charge >= 0.3 is 0 Å². The molecule has 0 fully saturated rings. The number of rotatable bonds is 2. The molecule has 0 saturated carbocycles. The Hall–Kier alpha value is -1.98. The van der Waals surface area contributed by atoms with Gasteiger partial charge in [0.1, 0.15) is 11.5 Å². The molecule has 0 aliphatic rings. The zero-order valence-corrected chi connectivity index (χ0v) is 12.8. The van der Waals surface area contributed by atoms with Crippen molar-refractivity contribution in [3.63, 3.8) is 0 Å². The molecule has 110 valence electrons. The number of halogens is 2. The van der Waals surface area contributed by atoms with Gasteiger partial charge in [0.05, 0.1) is 21.2 Å². The average Bonchev–Trinajstić information content (AvgIpc) is 2.78. The van der Waals surface area contributed by atoms with Crippen LogP contribution in [0.15, 0.2) is 28.7 Å². The monoisotopic (exact) mass is 326 g/mol. The third-order valence-electron chi connectivity index (χ3n) is 2.77. The molecule has 1 aromatic carbocycles. The zero-order valence-electron chi connectivity index (χ0n) is 11.3. The molecule has 0 saturated heterocycles. The summed E-state index contributed by atoms with van der Waals surface area (Å²) in [6.07, 6.45) is 0. The van der Waals surface area contributed by atoms with Crippen molar-refractivity contribution in [1.29, 1.82) is 0 Å². The molecule has 1 aromatic heterocycles. The highest BCUT2D eigenvalue weighted by molar-refractivity contribution is 6.43. The molecule has 2 rings (SSSR count). The summed E-state index contributed by atoms with van der Waals surface area (Å²) in [5.41, 5.74) is 5.10. The Morgan fingerprint density at radius 2 is 1.67 bits per heavy atom. The Labute approximate surface area is 131 Å². The molecule has 0 atom stereocenters. The van der Waals surface area contributed by atoms with Crippen LogP contribution in [0.3, 0.4) is 0 Å². The van der Waals surface area contributed by atoms with Crippen LogP contribution in [0.4, 0.5) is 0 Å². The number of benzene rings is 1. The van der Waals surface area contributed by atoms with Gasteiger partial charge < -0.3 is 4.42 Å². The van der Waals surface area contributed by atoms with E-state index in [4.69, 9.17) is 27.6 Å². The van der Waals surface area contributed by atoms with E-state index in [1.54, 1.807) is 32.0 Å². The fraction of sp³-hybridized carbons (Fsp3) is 0.143. The van der Waals surface area contributed by atoms with Crippen molar-refractivity contribution < 1.29 is 14.0 Å². The molecular weight excluding hydrogens is 315 g/mol. The van der Waals surface area contributed by atoms with Gasteiger partial charge in [-0.15, -0.1) is 0 Å². The fourth-order valence-electron chi connectivity index (χ4n) is 1.78. The van der Waals surface area contributed by atoms with Crippen LogP contribution in [-0.2, 0) is 0 Å². The molecule has 0 aliphatic carbocycles. The lowest BCUT2D eigenvalue weighted by atomic mass is 10.2. The number of aryl methyl sites for hydroxylation is 2. The van der Waals surface area contributed by atoms with Gasteiger partial charge in [0.2, 0.25) is 0 Å². The van der Waals surface area contributed by atoms with Gasteiger partial charge in [-0.2, -0.15) is 0 Å². The first-order valence-corrected chi connectivity index (χ1v) is 6.77. The van der Waals surface area contributed by atoms with Crippen LogP contribution >= 0.6 is 23.2 Å². The van der Waals surface area contributed by atoms with E-state index < -0.39 is 11.8 Å². The summed E-state index contributed by atoms with van der Waals surface area (Å²) in [6, 6.07) is 6.25. The van der Waals surface area contributed by atoms with E-state index in [-0.39, 0.29) is 15.6 Å². The molecule has 5 nitrogen and oxygen atoms in total. The first-order chi connectivity index (χ1) is 9.90. The maximum atomic E-state index is 12.0. The highest BCUT2D eigenvalue weighted by Gasteiger charge is 2.16. The van der Waals surface area contributed by atoms with Gasteiger partial charge in [-0.05, 0) is 32.0 Å². The number of furan rings is 1. The van der Waals surface area contributed by atoms with Crippen LogP contribution in [0.1, 0.15) is 32.2 Å². The SMILES string of the molecule is Cc1cc(C(=O)NNC(=O)c2cccc(Cl)c2Cl)c(C)o1. The molecule has 0 radical (unpaired) electrons. The topological polar surface area (TPSA) is 71.3 Å². The van der Waals surface area contributed by atoms with Crippen LogP contribution in [0.25, 0.3) is 0 Å². The van der Waals surface area contributed by atoms with Gasteiger partial charge in [-0.25, -0.2) is 0 Å². The van der Waals surface area contributed by atoms with Crippen molar-refractivity contribution >= 4 is 35.0 Å². The van der Waals surface area contributed by atoms with Gasteiger partial charge in [0.15, 0.2) is 0 Å². The summed E-state index contributed by atoms with van der Waals surface area (Å²) >= 11 is 11.8. The molecule has 7 heteroatoms. The highest BCUT2D eigenvalue weighted by atomic mass is 35.5. The van der Waals surface area contributed by atoms with Crippen LogP contribution in [0, 0.1) is 13.8 Å². The van der Waals surface area contributed by atoms with Crippen molar-refractivity contribution in [2.75, 3.05) is 0 Å². The smallest absolute Gasteiger partial charge is 0.273 e. The number of nitrogens with one attached hydrogen (secondary N) is 2. The summed E-state index contributed by atoms with van der Waals surface area (Å²) in [4.78, 5) is 23.9. The summed E-state index contributed by atoms with van der Waals surface area (Å²) in [5.74, 6) is 0.0477. The van der Waals surface area contributed by atoms with E-state index in [0.717, 1.165) is 0 Å². The summed E-state index contributed by atoms with van der Waals surface area (Å²) in [7, 11) is 0. The van der Waals surface area contributed by atoms with E-state index in [1.165, 1.54) is 6.07 Å². The minimum atomic E-state index is -0.561. The molecule has 2 amide bonds. The lowest BCUT2D eigenvalue weighted by Crippen LogP contribution is -2.41. The Bertz CT molecular complexity index is 710. The Morgan fingerprint density at radius 3 is 2.24 bits per heavy atom. The van der Waals surface area contributed by atoms with Crippen molar-refractivity contribution in [1.82, 2.24) is 10.9 Å². The highest BCUT2D eigenvalue weighted by Crippen LogP contribution is 2.25. The molecule has 0 spiro atoms. The zero-order chi connectivity index (χ0) is 15.6. The van der Waals surface area contributed by atoms with Gasteiger partial charge in [-0.1, -0.05) is 29.3 Å². The van der Waals surface area contributed by atoms with E-state index in [2.05, 4.69) is 10.9 Å². The molecule has 0 aliphatic heterocycles. The van der Waals surface area contributed by atoms with Crippen LogP contribution in [0.5, 0.6) is 0 Å². The van der Waals surface area contributed by atoms with Crippen LogP contribution in [-0.4, -0.2) is 11.8 Å². The van der Waals surface area contributed by atoms with Crippen molar-refractivity contribution in [2.45, 2.75) is 13.8 Å². The number of hydrazine groups is 1. The normalized spacial score (nSPS) is 10.3. The van der Waals surface area contributed by atoms with E-state index in [9.17, 15) is 9.59 Å². The molecule has 2 N–H and O–H groups in total. The number of hydrogen-bond donors (Lipinski definition) is 2. The predicted molar refractivity (Wildman–Crippen MR) is 79.6 cm³/mol. The number of amides is 2. The standard InChI is InChI=1S/C14H12Cl2N2O3/c1-7-6-10(8(2)21-7)14(20)18-17-13(19)9-4-3-5-11(15)12(9)16/h3-6H,1-2H3,(H,17,19)(H,18,20). The molecule has 0 bridgehead atoms. The van der Waals surface area contributed by atoms with Gasteiger partial charge in [-0.3, -0.25) is 20.4 Å². The van der Waals surface area contributed by atoms with Crippen molar-refractivity contribution in [3.8, 4) is 0 Å². The first kappa shape index (κ1) is 15.4. The number of hydrogen-bond acceptors (Lipinski definition) is 3. The second-order valence-electron chi connectivity index (χ2n) is 4.34. The van der Waals surface area contributed by atoms with Gasteiger partial charge in [0, 0.05) is 0 Å². The largest absolute Gasteiger partial charge is 0.466 e. The molecule has 2 aromatic rings. The lowest BCUT2D eigenvalue weighted by Gasteiger charge is -2.08. The summed E-state index contributed by atoms with van der Waals surface area (Å²) < 4.78 is 5.25. The first-order valence-electron chi connectivity index (χ1n) is 6.02. The minimum Gasteiger partial charge on any atom is -0.466 e.